The highest BCUT2D eigenvalue weighted by Gasteiger charge is 2.27. The van der Waals surface area contributed by atoms with Gasteiger partial charge >= 0.3 is 10.2 Å². The average molecular weight is 313 g/mol. The van der Waals surface area contributed by atoms with Crippen LogP contribution in [0.2, 0.25) is 0 Å². The molecule has 6 nitrogen and oxygen atoms in total. The molecule has 0 aromatic heterocycles. The van der Waals surface area contributed by atoms with Gasteiger partial charge in [0.15, 0.2) is 0 Å². The summed E-state index contributed by atoms with van der Waals surface area (Å²) < 4.78 is 34.0. The molecular weight excluding hydrogens is 290 g/mol. The van der Waals surface area contributed by atoms with Gasteiger partial charge in [-0.1, -0.05) is 0 Å². The fourth-order valence-corrected chi connectivity index (χ4v) is 3.64. The van der Waals surface area contributed by atoms with Crippen LogP contribution in [0.1, 0.15) is 19.8 Å². The van der Waals surface area contributed by atoms with Crippen LogP contribution in [0.15, 0.2) is 24.3 Å². The summed E-state index contributed by atoms with van der Waals surface area (Å²) in [6.45, 7) is 4.16. The molecule has 118 valence electrons. The van der Waals surface area contributed by atoms with E-state index in [1.807, 2.05) is 6.92 Å². The molecule has 7 heteroatoms. The first-order valence-electron chi connectivity index (χ1n) is 7.26. The summed E-state index contributed by atoms with van der Waals surface area (Å²) in [5.74, 6) is 1.16. The van der Waals surface area contributed by atoms with Gasteiger partial charge in [0, 0.05) is 13.1 Å². The molecule has 0 atom stereocenters. The Morgan fingerprint density at radius 3 is 2.43 bits per heavy atom. The van der Waals surface area contributed by atoms with Crippen LogP contribution in [-0.2, 0) is 10.2 Å². The number of hydrogen-bond acceptors (Lipinski definition) is 4. The highest BCUT2D eigenvalue weighted by Crippen LogP contribution is 2.21. The van der Waals surface area contributed by atoms with Crippen molar-refractivity contribution in [3.05, 3.63) is 24.3 Å². The summed E-state index contributed by atoms with van der Waals surface area (Å²) in [6.07, 6.45) is 1.64. The number of piperidine rings is 1. The Bertz CT molecular complexity index is 537. The highest BCUT2D eigenvalue weighted by molar-refractivity contribution is 7.90. The van der Waals surface area contributed by atoms with Gasteiger partial charge in [-0.2, -0.15) is 12.7 Å². The van der Waals surface area contributed by atoms with Crippen LogP contribution in [0.5, 0.6) is 5.75 Å². The fraction of sp³-hybridized carbons (Fsp3) is 0.571. The Balaban J connectivity index is 1.97. The number of hydrogen-bond donors (Lipinski definition) is 2. The molecule has 1 saturated heterocycles. The molecule has 0 spiro atoms. The minimum atomic E-state index is -3.49. The zero-order valence-electron chi connectivity index (χ0n) is 12.3. The van der Waals surface area contributed by atoms with Crippen LogP contribution in [-0.4, -0.2) is 39.0 Å². The molecule has 2 rings (SSSR count). The van der Waals surface area contributed by atoms with Crippen LogP contribution in [0.25, 0.3) is 0 Å². The van der Waals surface area contributed by atoms with E-state index in [-0.39, 0.29) is 0 Å². The van der Waals surface area contributed by atoms with Crippen molar-refractivity contribution in [2.45, 2.75) is 19.8 Å². The fourth-order valence-electron chi connectivity index (χ4n) is 2.38. The third-order valence-corrected chi connectivity index (χ3v) is 5.20. The monoisotopic (exact) mass is 313 g/mol. The van der Waals surface area contributed by atoms with Gasteiger partial charge in [0.1, 0.15) is 5.75 Å². The van der Waals surface area contributed by atoms with Gasteiger partial charge in [-0.15, -0.1) is 0 Å². The van der Waals surface area contributed by atoms with E-state index in [1.165, 1.54) is 4.31 Å². The van der Waals surface area contributed by atoms with E-state index >= 15 is 0 Å². The number of benzene rings is 1. The summed E-state index contributed by atoms with van der Waals surface area (Å²) >= 11 is 0. The molecule has 0 bridgehead atoms. The molecule has 1 fully saturated rings. The molecule has 1 aliphatic heterocycles. The van der Waals surface area contributed by atoms with Gasteiger partial charge in [-0.3, -0.25) is 4.72 Å². The van der Waals surface area contributed by atoms with E-state index in [0.29, 0.717) is 37.8 Å². The van der Waals surface area contributed by atoms with Gasteiger partial charge in [0.25, 0.3) is 0 Å². The van der Waals surface area contributed by atoms with Crippen molar-refractivity contribution in [3.63, 3.8) is 0 Å². The molecule has 3 N–H and O–H groups in total. The summed E-state index contributed by atoms with van der Waals surface area (Å²) in [5.41, 5.74) is 6.17. The summed E-state index contributed by atoms with van der Waals surface area (Å²) in [5, 5.41) is 0. The van der Waals surface area contributed by atoms with Gasteiger partial charge in [-0.05, 0) is 56.5 Å². The number of nitrogens with one attached hydrogen (secondary N) is 1. The molecule has 0 amide bonds. The number of nitrogens with two attached hydrogens (primary N) is 1. The number of ether oxygens (including phenoxy) is 1. The first kappa shape index (κ1) is 16.1. The van der Waals surface area contributed by atoms with Crippen molar-refractivity contribution in [1.29, 1.82) is 0 Å². The SMILES string of the molecule is CCOc1ccc(NS(=O)(=O)N2CCC(CN)CC2)cc1. The van der Waals surface area contributed by atoms with Gasteiger partial charge in [0.2, 0.25) is 0 Å². The summed E-state index contributed by atoms with van der Waals surface area (Å²) in [6, 6.07) is 6.91. The quantitative estimate of drug-likeness (QED) is 0.831. The molecule has 0 radical (unpaired) electrons. The first-order chi connectivity index (χ1) is 10.0. The van der Waals surface area contributed by atoms with E-state index in [0.717, 1.165) is 18.6 Å². The molecule has 1 aliphatic rings. The van der Waals surface area contributed by atoms with Crippen molar-refractivity contribution in [1.82, 2.24) is 4.31 Å². The van der Waals surface area contributed by atoms with E-state index in [2.05, 4.69) is 4.72 Å². The van der Waals surface area contributed by atoms with Crippen LogP contribution in [0.4, 0.5) is 5.69 Å². The van der Waals surface area contributed by atoms with Crippen molar-refractivity contribution >= 4 is 15.9 Å². The second kappa shape index (κ2) is 7.11. The Morgan fingerprint density at radius 2 is 1.90 bits per heavy atom. The predicted octanol–water partition coefficient (Wildman–Crippen LogP) is 1.41. The predicted molar refractivity (Wildman–Crippen MR) is 83.5 cm³/mol. The minimum absolute atomic E-state index is 0.432. The highest BCUT2D eigenvalue weighted by atomic mass is 32.2. The number of rotatable bonds is 6. The van der Waals surface area contributed by atoms with Crippen molar-refractivity contribution in [2.75, 3.05) is 31.0 Å². The molecule has 0 saturated carbocycles. The molecule has 0 aliphatic carbocycles. The minimum Gasteiger partial charge on any atom is -0.494 e. The van der Waals surface area contributed by atoms with Crippen molar-refractivity contribution in [2.24, 2.45) is 11.7 Å². The topological polar surface area (TPSA) is 84.7 Å². The lowest BCUT2D eigenvalue weighted by Crippen LogP contribution is -2.42. The van der Waals surface area contributed by atoms with Gasteiger partial charge in [-0.25, -0.2) is 0 Å². The maximum Gasteiger partial charge on any atom is 0.301 e. The Kier molecular flexibility index (Phi) is 5.44. The lowest BCUT2D eigenvalue weighted by molar-refractivity contribution is 0.280. The van der Waals surface area contributed by atoms with Crippen LogP contribution in [0.3, 0.4) is 0 Å². The van der Waals surface area contributed by atoms with Crippen LogP contribution in [0, 0.1) is 5.92 Å². The molecule has 1 aromatic rings. The number of nitrogens with zero attached hydrogens (tertiary/aromatic N) is 1. The second-order valence-corrected chi connectivity index (χ2v) is 6.81. The van der Waals surface area contributed by atoms with Crippen LogP contribution < -0.4 is 15.2 Å². The van der Waals surface area contributed by atoms with E-state index in [4.69, 9.17) is 10.5 Å². The molecule has 0 unspecified atom stereocenters. The van der Waals surface area contributed by atoms with E-state index < -0.39 is 10.2 Å². The zero-order valence-corrected chi connectivity index (χ0v) is 13.1. The third-order valence-electron chi connectivity index (χ3n) is 3.66. The summed E-state index contributed by atoms with van der Waals surface area (Å²) in [7, 11) is -3.49. The van der Waals surface area contributed by atoms with E-state index in [1.54, 1.807) is 24.3 Å². The molecular formula is C14H23N3O3S. The third kappa shape index (κ3) is 4.33. The second-order valence-electron chi connectivity index (χ2n) is 5.14. The number of anilines is 1. The molecule has 1 aromatic carbocycles. The average Bonchev–Trinajstić information content (AvgIpc) is 2.49. The Morgan fingerprint density at radius 1 is 1.29 bits per heavy atom. The maximum atomic E-state index is 12.3. The Labute approximate surface area is 126 Å². The van der Waals surface area contributed by atoms with E-state index in [9.17, 15) is 8.42 Å². The Hall–Kier alpha value is -1.31. The lowest BCUT2D eigenvalue weighted by Gasteiger charge is -2.30. The van der Waals surface area contributed by atoms with Crippen molar-refractivity contribution < 1.29 is 13.2 Å². The summed E-state index contributed by atoms with van der Waals surface area (Å²) in [4.78, 5) is 0. The van der Waals surface area contributed by atoms with Crippen molar-refractivity contribution in [3.8, 4) is 5.75 Å². The zero-order chi connectivity index (χ0) is 15.3. The standard InChI is InChI=1S/C14H23N3O3S/c1-2-20-14-5-3-13(4-6-14)16-21(18,19)17-9-7-12(11-15)8-10-17/h3-6,12,16H,2,7-11,15H2,1H3. The smallest absolute Gasteiger partial charge is 0.301 e. The first-order valence-corrected chi connectivity index (χ1v) is 8.70. The molecule has 1 heterocycles. The molecule has 21 heavy (non-hydrogen) atoms. The largest absolute Gasteiger partial charge is 0.494 e. The lowest BCUT2D eigenvalue weighted by atomic mass is 9.99. The van der Waals surface area contributed by atoms with Gasteiger partial charge < -0.3 is 10.5 Å². The van der Waals surface area contributed by atoms with Gasteiger partial charge in [0.05, 0.1) is 12.3 Å². The van der Waals surface area contributed by atoms with Crippen LogP contribution >= 0.6 is 0 Å². The maximum absolute atomic E-state index is 12.3. The normalized spacial score (nSPS) is 17.6.